The van der Waals surface area contributed by atoms with Gasteiger partial charge in [-0.25, -0.2) is 0 Å². The molecule has 0 aromatic carbocycles. The lowest BCUT2D eigenvalue weighted by Gasteiger charge is -2.22. The highest BCUT2D eigenvalue weighted by Gasteiger charge is 2.53. The topological polar surface area (TPSA) is 47.8 Å². The molecule has 3 heteroatoms. The molecule has 0 amide bonds. The lowest BCUT2D eigenvalue weighted by Crippen LogP contribution is -2.31. The standard InChI is InChI=1S/C7H15NO2/c1-6(2,3)10-7(4)5(8)9-7/h5H,8H2,1-4H3. The highest BCUT2D eigenvalue weighted by Crippen LogP contribution is 2.36. The van der Waals surface area contributed by atoms with Crippen LogP contribution in [0.4, 0.5) is 0 Å². The van der Waals surface area contributed by atoms with E-state index in [-0.39, 0.29) is 11.8 Å². The fourth-order valence-corrected chi connectivity index (χ4v) is 0.908. The van der Waals surface area contributed by atoms with Gasteiger partial charge in [0.05, 0.1) is 5.60 Å². The van der Waals surface area contributed by atoms with Gasteiger partial charge in [0, 0.05) is 0 Å². The number of nitrogens with two attached hydrogens (primary N) is 1. The van der Waals surface area contributed by atoms with E-state index >= 15 is 0 Å². The van der Waals surface area contributed by atoms with Crippen molar-refractivity contribution in [1.29, 1.82) is 0 Å². The zero-order valence-electron chi connectivity index (χ0n) is 6.97. The first-order chi connectivity index (χ1) is 4.33. The van der Waals surface area contributed by atoms with Crippen LogP contribution in [0.5, 0.6) is 0 Å². The minimum Gasteiger partial charge on any atom is -0.341 e. The van der Waals surface area contributed by atoms with E-state index < -0.39 is 5.79 Å². The summed E-state index contributed by atoms with van der Waals surface area (Å²) >= 11 is 0. The van der Waals surface area contributed by atoms with E-state index in [0.29, 0.717) is 0 Å². The van der Waals surface area contributed by atoms with Gasteiger partial charge >= 0.3 is 0 Å². The maximum atomic E-state index is 5.50. The molecule has 0 spiro atoms. The summed E-state index contributed by atoms with van der Waals surface area (Å²) in [5.74, 6) is -0.530. The third-order valence-corrected chi connectivity index (χ3v) is 1.33. The monoisotopic (exact) mass is 145 g/mol. The predicted octanol–water partition coefficient (Wildman–Crippen LogP) is 0.833. The van der Waals surface area contributed by atoms with Gasteiger partial charge in [0.25, 0.3) is 0 Å². The molecule has 0 aromatic heterocycles. The smallest absolute Gasteiger partial charge is 0.208 e. The van der Waals surface area contributed by atoms with Crippen LogP contribution in [-0.4, -0.2) is 17.6 Å². The molecule has 10 heavy (non-hydrogen) atoms. The highest BCUT2D eigenvalue weighted by atomic mass is 16.8. The summed E-state index contributed by atoms with van der Waals surface area (Å²) in [4.78, 5) is 0. The maximum absolute atomic E-state index is 5.50. The highest BCUT2D eigenvalue weighted by molar-refractivity contribution is 4.87. The van der Waals surface area contributed by atoms with Crippen molar-refractivity contribution in [3.63, 3.8) is 0 Å². The molecule has 0 radical (unpaired) electrons. The molecule has 0 aromatic rings. The van der Waals surface area contributed by atoms with Crippen molar-refractivity contribution in [3.8, 4) is 0 Å². The Morgan fingerprint density at radius 1 is 1.50 bits per heavy atom. The summed E-state index contributed by atoms with van der Waals surface area (Å²) in [6, 6.07) is 0. The fourth-order valence-electron chi connectivity index (χ4n) is 0.908. The molecule has 1 rings (SSSR count). The van der Waals surface area contributed by atoms with Gasteiger partial charge in [-0.05, 0) is 27.7 Å². The molecule has 0 aliphatic carbocycles. The molecule has 1 saturated heterocycles. The van der Waals surface area contributed by atoms with E-state index in [9.17, 15) is 0 Å². The molecular formula is C7H15NO2. The van der Waals surface area contributed by atoms with Crippen LogP contribution in [0, 0.1) is 0 Å². The SMILES string of the molecule is CC(C)(C)OC1(C)OC1N. The van der Waals surface area contributed by atoms with E-state index in [2.05, 4.69) is 0 Å². The third-order valence-electron chi connectivity index (χ3n) is 1.33. The van der Waals surface area contributed by atoms with Gasteiger partial charge in [-0.3, -0.25) is 0 Å². The lowest BCUT2D eigenvalue weighted by molar-refractivity contribution is -0.117. The van der Waals surface area contributed by atoms with Crippen LogP contribution < -0.4 is 5.73 Å². The van der Waals surface area contributed by atoms with Crippen LogP contribution in [0.2, 0.25) is 0 Å². The predicted molar refractivity (Wildman–Crippen MR) is 38.3 cm³/mol. The normalized spacial score (nSPS) is 39.9. The second-order valence-corrected chi connectivity index (χ2v) is 3.77. The van der Waals surface area contributed by atoms with Crippen molar-refractivity contribution >= 4 is 0 Å². The third kappa shape index (κ3) is 1.68. The molecular weight excluding hydrogens is 130 g/mol. The molecule has 2 unspecified atom stereocenters. The molecule has 2 atom stereocenters. The van der Waals surface area contributed by atoms with Crippen molar-refractivity contribution in [3.05, 3.63) is 0 Å². The average Bonchev–Trinajstić information content (AvgIpc) is 2.05. The summed E-state index contributed by atoms with van der Waals surface area (Å²) in [7, 11) is 0. The van der Waals surface area contributed by atoms with E-state index in [1.807, 2.05) is 27.7 Å². The molecule has 3 nitrogen and oxygen atoms in total. The summed E-state index contributed by atoms with van der Waals surface area (Å²) in [6.45, 7) is 7.79. The van der Waals surface area contributed by atoms with Crippen LogP contribution in [-0.2, 0) is 9.47 Å². The molecule has 1 heterocycles. The number of hydrogen-bond acceptors (Lipinski definition) is 3. The minimum atomic E-state index is -0.530. The second-order valence-electron chi connectivity index (χ2n) is 3.77. The van der Waals surface area contributed by atoms with Crippen molar-refractivity contribution in [2.45, 2.75) is 45.3 Å². The minimum absolute atomic E-state index is 0.178. The first-order valence-corrected chi connectivity index (χ1v) is 3.47. The van der Waals surface area contributed by atoms with Crippen LogP contribution in [0.15, 0.2) is 0 Å². The molecule has 0 bridgehead atoms. The van der Waals surface area contributed by atoms with Crippen molar-refractivity contribution in [1.82, 2.24) is 0 Å². The fraction of sp³-hybridized carbons (Fsp3) is 1.00. The molecule has 1 aliphatic rings. The average molecular weight is 145 g/mol. The Labute approximate surface area is 61.5 Å². The van der Waals surface area contributed by atoms with Crippen molar-refractivity contribution in [2.24, 2.45) is 5.73 Å². The van der Waals surface area contributed by atoms with Gasteiger partial charge in [-0.2, -0.15) is 0 Å². The number of epoxide rings is 1. The van der Waals surface area contributed by atoms with Gasteiger partial charge in [-0.15, -0.1) is 0 Å². The molecule has 1 fully saturated rings. The van der Waals surface area contributed by atoms with Crippen molar-refractivity contribution in [2.75, 3.05) is 0 Å². The Morgan fingerprint density at radius 3 is 2.00 bits per heavy atom. The zero-order valence-corrected chi connectivity index (χ0v) is 6.97. The van der Waals surface area contributed by atoms with E-state index in [0.717, 1.165) is 0 Å². The van der Waals surface area contributed by atoms with Crippen LogP contribution >= 0.6 is 0 Å². The first-order valence-electron chi connectivity index (χ1n) is 3.47. The lowest BCUT2D eigenvalue weighted by atomic mass is 10.2. The molecule has 60 valence electrons. The van der Waals surface area contributed by atoms with Gasteiger partial charge < -0.3 is 15.2 Å². The van der Waals surface area contributed by atoms with E-state index in [1.165, 1.54) is 0 Å². The second kappa shape index (κ2) is 1.94. The summed E-state index contributed by atoms with van der Waals surface area (Å²) < 4.78 is 10.5. The first kappa shape index (κ1) is 7.98. The quantitative estimate of drug-likeness (QED) is 0.556. The van der Waals surface area contributed by atoms with E-state index in [1.54, 1.807) is 0 Å². The van der Waals surface area contributed by atoms with Gasteiger partial charge in [0.15, 0.2) is 6.23 Å². The summed E-state index contributed by atoms with van der Waals surface area (Å²) in [5, 5.41) is 0. The largest absolute Gasteiger partial charge is 0.341 e. The number of ether oxygens (including phenoxy) is 2. The van der Waals surface area contributed by atoms with Gasteiger partial charge in [-0.1, -0.05) is 0 Å². The maximum Gasteiger partial charge on any atom is 0.208 e. The van der Waals surface area contributed by atoms with E-state index in [4.69, 9.17) is 15.2 Å². The van der Waals surface area contributed by atoms with Gasteiger partial charge in [0.1, 0.15) is 0 Å². The molecule has 2 N–H and O–H groups in total. The zero-order chi connectivity index (χ0) is 7.99. The molecule has 1 aliphatic heterocycles. The summed E-state index contributed by atoms with van der Waals surface area (Å²) in [5.41, 5.74) is 5.28. The molecule has 0 saturated carbocycles. The summed E-state index contributed by atoms with van der Waals surface area (Å²) in [6.07, 6.45) is -0.244. The van der Waals surface area contributed by atoms with Crippen molar-refractivity contribution < 1.29 is 9.47 Å². The Balaban J connectivity index is 2.41. The van der Waals surface area contributed by atoms with Crippen LogP contribution in [0.3, 0.4) is 0 Å². The number of hydrogen-bond donors (Lipinski definition) is 1. The van der Waals surface area contributed by atoms with Gasteiger partial charge in [0.2, 0.25) is 5.79 Å². The Morgan fingerprint density at radius 2 is 1.90 bits per heavy atom. The van der Waals surface area contributed by atoms with Crippen LogP contribution in [0.1, 0.15) is 27.7 Å². The van der Waals surface area contributed by atoms with Crippen LogP contribution in [0.25, 0.3) is 0 Å². The Kier molecular flexibility index (Phi) is 1.54. The number of rotatable bonds is 1. The Bertz CT molecular complexity index is 141. The Hall–Kier alpha value is -0.120.